The zero-order valence-electron chi connectivity index (χ0n) is 9.91. The number of aromatic nitrogens is 4. The highest BCUT2D eigenvalue weighted by atomic mass is 32.1. The average Bonchev–Trinajstić information content (AvgIpc) is 3.04. The highest BCUT2D eigenvalue weighted by Crippen LogP contribution is 2.17. The summed E-state index contributed by atoms with van der Waals surface area (Å²) in [5.74, 6) is 1.73. The first-order chi connectivity index (χ1) is 8.86. The molecule has 0 radical (unpaired) electrons. The summed E-state index contributed by atoms with van der Waals surface area (Å²) in [5, 5.41) is 13.6. The molecule has 0 aromatic carbocycles. The molecule has 0 aliphatic carbocycles. The van der Waals surface area contributed by atoms with Gasteiger partial charge in [0, 0.05) is 6.42 Å². The first-order valence-corrected chi connectivity index (χ1v) is 6.61. The fourth-order valence-corrected chi connectivity index (χ4v) is 2.42. The molecule has 0 amide bonds. The summed E-state index contributed by atoms with van der Waals surface area (Å²) >= 11 is 1.52. The van der Waals surface area contributed by atoms with Gasteiger partial charge >= 0.3 is 0 Å². The average molecular weight is 260 g/mol. The fraction of sp³-hybridized carbons (Fsp3) is 0.250. The lowest BCUT2D eigenvalue weighted by atomic mass is 10.3. The molecule has 3 heterocycles. The number of rotatable bonds is 4. The minimum absolute atomic E-state index is 0.815. The first kappa shape index (κ1) is 11.2. The van der Waals surface area contributed by atoms with Crippen molar-refractivity contribution < 1.29 is 4.42 Å². The van der Waals surface area contributed by atoms with Crippen LogP contribution < -0.4 is 0 Å². The van der Waals surface area contributed by atoms with E-state index in [1.165, 1.54) is 11.3 Å². The third-order valence-electron chi connectivity index (χ3n) is 2.48. The smallest absolute Gasteiger partial charge is 0.234 e. The molecule has 0 atom stereocenters. The Bertz CT molecular complexity index is 665. The van der Waals surface area contributed by atoms with Crippen LogP contribution in [-0.4, -0.2) is 19.8 Å². The van der Waals surface area contributed by atoms with Gasteiger partial charge in [0.15, 0.2) is 5.82 Å². The van der Waals surface area contributed by atoms with Crippen molar-refractivity contribution in [2.24, 2.45) is 0 Å². The van der Waals surface area contributed by atoms with Crippen LogP contribution in [0.4, 0.5) is 0 Å². The molecule has 0 saturated carbocycles. The molecule has 5 nitrogen and oxygen atoms in total. The Labute approximate surface area is 108 Å². The normalized spacial score (nSPS) is 11.8. The Kier molecular flexibility index (Phi) is 2.93. The van der Waals surface area contributed by atoms with Crippen LogP contribution >= 0.6 is 11.3 Å². The molecule has 3 rings (SSSR count). The van der Waals surface area contributed by atoms with Crippen molar-refractivity contribution in [2.45, 2.75) is 19.8 Å². The van der Waals surface area contributed by atoms with Gasteiger partial charge in [0.25, 0.3) is 0 Å². The molecule has 0 fully saturated rings. The molecule has 3 aromatic heterocycles. The van der Waals surface area contributed by atoms with Crippen molar-refractivity contribution in [3.05, 3.63) is 35.0 Å². The standard InChI is InChI=1S/C12H12N4OS/c1-2-4-10-13-14-12-16(10)15-11(18-12)7-6-9-5-3-8-17-9/h3,5-8H,2,4H2,1H3/b7-6-. The van der Waals surface area contributed by atoms with Gasteiger partial charge < -0.3 is 4.42 Å². The number of aryl methyl sites for hydroxylation is 1. The lowest BCUT2D eigenvalue weighted by molar-refractivity contribution is 0.557. The van der Waals surface area contributed by atoms with Crippen molar-refractivity contribution in [1.29, 1.82) is 0 Å². The maximum Gasteiger partial charge on any atom is 0.234 e. The van der Waals surface area contributed by atoms with Gasteiger partial charge in [0.1, 0.15) is 10.8 Å². The van der Waals surface area contributed by atoms with Crippen LogP contribution in [0.5, 0.6) is 0 Å². The van der Waals surface area contributed by atoms with Crippen LogP contribution in [0.2, 0.25) is 0 Å². The van der Waals surface area contributed by atoms with E-state index in [4.69, 9.17) is 4.42 Å². The van der Waals surface area contributed by atoms with E-state index in [0.717, 1.165) is 34.4 Å². The zero-order chi connectivity index (χ0) is 12.4. The highest BCUT2D eigenvalue weighted by Gasteiger charge is 2.09. The summed E-state index contributed by atoms with van der Waals surface area (Å²) in [6.45, 7) is 2.12. The van der Waals surface area contributed by atoms with E-state index in [1.807, 2.05) is 28.8 Å². The van der Waals surface area contributed by atoms with Crippen molar-refractivity contribution in [3.63, 3.8) is 0 Å². The van der Waals surface area contributed by atoms with Gasteiger partial charge in [-0.05, 0) is 30.7 Å². The van der Waals surface area contributed by atoms with Gasteiger partial charge in [0.05, 0.1) is 6.26 Å². The van der Waals surface area contributed by atoms with Crippen LogP contribution in [0.3, 0.4) is 0 Å². The van der Waals surface area contributed by atoms with E-state index in [9.17, 15) is 0 Å². The second kappa shape index (κ2) is 4.73. The third kappa shape index (κ3) is 2.06. The molecule has 6 heteroatoms. The van der Waals surface area contributed by atoms with Gasteiger partial charge in [-0.2, -0.15) is 9.61 Å². The van der Waals surface area contributed by atoms with Gasteiger partial charge in [-0.1, -0.05) is 18.3 Å². The Morgan fingerprint density at radius 2 is 2.33 bits per heavy atom. The van der Waals surface area contributed by atoms with E-state index in [2.05, 4.69) is 22.2 Å². The summed E-state index contributed by atoms with van der Waals surface area (Å²) < 4.78 is 7.04. The topological polar surface area (TPSA) is 56.2 Å². The SMILES string of the molecule is CCCc1nnc2sc(/C=C\c3ccco3)nn12. The van der Waals surface area contributed by atoms with Gasteiger partial charge in [0.2, 0.25) is 4.96 Å². The van der Waals surface area contributed by atoms with E-state index in [-0.39, 0.29) is 0 Å². The maximum atomic E-state index is 5.23. The molecule has 18 heavy (non-hydrogen) atoms. The first-order valence-electron chi connectivity index (χ1n) is 5.79. The Morgan fingerprint density at radius 3 is 3.11 bits per heavy atom. The number of nitrogens with zero attached hydrogens (tertiary/aromatic N) is 4. The molecule has 0 N–H and O–H groups in total. The van der Waals surface area contributed by atoms with Crippen LogP contribution in [-0.2, 0) is 6.42 Å². The number of hydrogen-bond acceptors (Lipinski definition) is 5. The minimum Gasteiger partial charge on any atom is -0.465 e. The summed E-state index contributed by atoms with van der Waals surface area (Å²) in [6, 6.07) is 3.76. The molecule has 0 aliphatic rings. The zero-order valence-corrected chi connectivity index (χ0v) is 10.7. The largest absolute Gasteiger partial charge is 0.465 e. The highest BCUT2D eigenvalue weighted by molar-refractivity contribution is 7.17. The van der Waals surface area contributed by atoms with Crippen LogP contribution in [0.15, 0.2) is 22.8 Å². The summed E-state index contributed by atoms with van der Waals surface area (Å²) in [5.41, 5.74) is 0. The molecule has 0 saturated heterocycles. The summed E-state index contributed by atoms with van der Waals surface area (Å²) in [6.07, 6.45) is 7.40. The van der Waals surface area contributed by atoms with Crippen molar-refractivity contribution >= 4 is 28.4 Å². The molecule has 92 valence electrons. The van der Waals surface area contributed by atoms with Crippen molar-refractivity contribution in [3.8, 4) is 0 Å². The Balaban J connectivity index is 1.89. The fourth-order valence-electron chi connectivity index (χ4n) is 1.66. The Morgan fingerprint density at radius 1 is 1.39 bits per heavy atom. The maximum absolute atomic E-state index is 5.23. The van der Waals surface area contributed by atoms with E-state index in [1.54, 1.807) is 6.26 Å². The second-order valence-corrected chi connectivity index (χ2v) is 4.84. The molecular formula is C12H12N4OS. The van der Waals surface area contributed by atoms with E-state index >= 15 is 0 Å². The monoisotopic (exact) mass is 260 g/mol. The quantitative estimate of drug-likeness (QED) is 0.723. The summed E-state index contributed by atoms with van der Waals surface area (Å²) in [7, 11) is 0. The number of hydrogen-bond donors (Lipinski definition) is 0. The lowest BCUT2D eigenvalue weighted by Gasteiger charge is -1.89. The van der Waals surface area contributed by atoms with Crippen LogP contribution in [0.25, 0.3) is 17.1 Å². The van der Waals surface area contributed by atoms with Crippen molar-refractivity contribution in [2.75, 3.05) is 0 Å². The number of fused-ring (bicyclic) bond motifs is 1. The van der Waals surface area contributed by atoms with Crippen LogP contribution in [0.1, 0.15) is 29.9 Å². The number of furan rings is 1. The predicted molar refractivity (Wildman–Crippen MR) is 70.3 cm³/mol. The molecule has 3 aromatic rings. The van der Waals surface area contributed by atoms with Gasteiger partial charge in [-0.3, -0.25) is 0 Å². The second-order valence-electron chi connectivity index (χ2n) is 3.85. The van der Waals surface area contributed by atoms with Gasteiger partial charge in [-0.15, -0.1) is 10.2 Å². The predicted octanol–water partition coefficient (Wildman–Crippen LogP) is 2.90. The molecular weight excluding hydrogens is 248 g/mol. The minimum atomic E-state index is 0.815. The molecule has 0 aliphatic heterocycles. The third-order valence-corrected chi connectivity index (χ3v) is 3.34. The molecule has 0 bridgehead atoms. The molecule has 0 spiro atoms. The van der Waals surface area contributed by atoms with E-state index in [0.29, 0.717) is 0 Å². The molecule has 0 unspecified atom stereocenters. The van der Waals surface area contributed by atoms with Gasteiger partial charge in [-0.25, -0.2) is 0 Å². The Hall–Kier alpha value is -1.95. The van der Waals surface area contributed by atoms with Crippen molar-refractivity contribution in [1.82, 2.24) is 19.8 Å². The lowest BCUT2D eigenvalue weighted by Crippen LogP contribution is -1.94. The summed E-state index contributed by atoms with van der Waals surface area (Å²) in [4.78, 5) is 0.831. The van der Waals surface area contributed by atoms with E-state index < -0.39 is 0 Å². The van der Waals surface area contributed by atoms with Crippen LogP contribution in [0, 0.1) is 0 Å².